The Labute approximate surface area is 231 Å². The minimum atomic E-state index is -1.17. The summed E-state index contributed by atoms with van der Waals surface area (Å²) in [5, 5.41) is 17.5. The van der Waals surface area contributed by atoms with Crippen molar-refractivity contribution in [3.8, 4) is 0 Å². The molecule has 4 atom stereocenters. The number of hydrogen-bond acceptors (Lipinski definition) is 7. The standard InChI is InChI=1S/C27H36N8O5/c1-16(2)8-23(27(39)40)35-26(38)22(11-19-13-30-15-32-19)34-25(37)21(9-17-6-4-3-5-7-17)33-24(36)20(28)10-18-12-29-14-31-18/h3-7,12-16,20-23H,8-11,28H2,1-2H3,(H,29,31)(H,30,32)(H,33,36)(H,34,37)(H,35,38)(H,39,40). The summed E-state index contributed by atoms with van der Waals surface area (Å²) in [6, 6.07) is 4.79. The molecule has 214 valence electrons. The van der Waals surface area contributed by atoms with Crippen LogP contribution in [0.4, 0.5) is 0 Å². The van der Waals surface area contributed by atoms with Gasteiger partial charge >= 0.3 is 5.97 Å². The first kappa shape index (κ1) is 30.0. The Morgan fingerprint density at radius 3 is 1.85 bits per heavy atom. The summed E-state index contributed by atoms with van der Waals surface area (Å²) < 4.78 is 0. The second kappa shape index (κ2) is 14.6. The van der Waals surface area contributed by atoms with Crippen molar-refractivity contribution in [3.05, 3.63) is 72.3 Å². The van der Waals surface area contributed by atoms with Crippen LogP contribution in [0.3, 0.4) is 0 Å². The fourth-order valence-electron chi connectivity index (χ4n) is 4.13. The van der Waals surface area contributed by atoms with Gasteiger partial charge in [0, 0.05) is 43.0 Å². The molecule has 0 saturated carbocycles. The third-order valence-electron chi connectivity index (χ3n) is 6.18. The van der Waals surface area contributed by atoms with Crippen molar-refractivity contribution in [1.82, 2.24) is 35.9 Å². The van der Waals surface area contributed by atoms with Crippen LogP contribution in [0, 0.1) is 5.92 Å². The first-order valence-electron chi connectivity index (χ1n) is 13.0. The molecule has 2 heterocycles. The van der Waals surface area contributed by atoms with E-state index < -0.39 is 47.9 Å². The lowest BCUT2D eigenvalue weighted by molar-refractivity contribution is -0.142. The summed E-state index contributed by atoms with van der Waals surface area (Å²) in [4.78, 5) is 65.2. The van der Waals surface area contributed by atoms with Crippen molar-refractivity contribution >= 4 is 23.7 Å². The van der Waals surface area contributed by atoms with Crippen molar-refractivity contribution in [3.63, 3.8) is 0 Å². The number of carbonyl (C=O) groups excluding carboxylic acids is 3. The predicted molar refractivity (Wildman–Crippen MR) is 146 cm³/mol. The minimum Gasteiger partial charge on any atom is -0.480 e. The molecule has 0 spiro atoms. The van der Waals surface area contributed by atoms with Crippen LogP contribution in [0.1, 0.15) is 37.2 Å². The fourth-order valence-corrected chi connectivity index (χ4v) is 4.13. The van der Waals surface area contributed by atoms with Gasteiger partial charge in [-0.1, -0.05) is 44.2 Å². The highest BCUT2D eigenvalue weighted by molar-refractivity contribution is 5.94. The van der Waals surface area contributed by atoms with E-state index in [0.717, 1.165) is 5.56 Å². The van der Waals surface area contributed by atoms with Gasteiger partial charge in [0.1, 0.15) is 18.1 Å². The fraction of sp³-hybridized carbons (Fsp3) is 0.407. The Morgan fingerprint density at radius 1 is 0.800 bits per heavy atom. The van der Waals surface area contributed by atoms with Crippen LogP contribution < -0.4 is 21.7 Å². The van der Waals surface area contributed by atoms with Crippen molar-refractivity contribution in [2.75, 3.05) is 0 Å². The van der Waals surface area contributed by atoms with Crippen LogP contribution in [0.25, 0.3) is 0 Å². The van der Waals surface area contributed by atoms with E-state index in [1.165, 1.54) is 18.9 Å². The van der Waals surface area contributed by atoms with Crippen molar-refractivity contribution in [1.29, 1.82) is 0 Å². The Bertz CT molecular complexity index is 1230. The Kier molecular flexibility index (Phi) is 10.9. The first-order valence-corrected chi connectivity index (χ1v) is 13.0. The number of imidazole rings is 2. The first-order chi connectivity index (χ1) is 19.1. The lowest BCUT2D eigenvalue weighted by Gasteiger charge is -2.25. The minimum absolute atomic E-state index is 0.0125. The molecular weight excluding hydrogens is 516 g/mol. The molecule has 0 radical (unpaired) electrons. The molecule has 13 heteroatoms. The van der Waals surface area contributed by atoms with Gasteiger partial charge < -0.3 is 36.8 Å². The number of hydrogen-bond donors (Lipinski definition) is 7. The summed E-state index contributed by atoms with van der Waals surface area (Å²) in [5.74, 6) is -3.01. The molecule has 40 heavy (non-hydrogen) atoms. The van der Waals surface area contributed by atoms with Crippen LogP contribution >= 0.6 is 0 Å². The van der Waals surface area contributed by atoms with Gasteiger partial charge in [-0.3, -0.25) is 14.4 Å². The molecule has 3 amide bonds. The number of benzene rings is 1. The second-order valence-electron chi connectivity index (χ2n) is 10.0. The lowest BCUT2D eigenvalue weighted by Crippen LogP contribution is -2.58. The largest absolute Gasteiger partial charge is 0.480 e. The average Bonchev–Trinajstić information content (AvgIpc) is 3.62. The molecule has 3 aromatic rings. The van der Waals surface area contributed by atoms with Gasteiger partial charge in [0.15, 0.2) is 0 Å². The molecule has 2 aromatic heterocycles. The SMILES string of the molecule is CC(C)CC(NC(=O)C(Cc1cnc[nH]1)NC(=O)C(Cc1ccccc1)NC(=O)C(N)Cc1cnc[nH]1)C(=O)O. The number of aliphatic carboxylic acids is 1. The molecule has 13 nitrogen and oxygen atoms in total. The highest BCUT2D eigenvalue weighted by Gasteiger charge is 2.31. The number of nitrogens with one attached hydrogen (secondary N) is 5. The third kappa shape index (κ3) is 9.34. The Balaban J connectivity index is 1.79. The quantitative estimate of drug-likeness (QED) is 0.137. The van der Waals surface area contributed by atoms with E-state index in [2.05, 4.69) is 35.9 Å². The maximum absolute atomic E-state index is 13.6. The molecule has 0 aliphatic rings. The number of carbonyl (C=O) groups is 4. The number of rotatable bonds is 15. The summed E-state index contributed by atoms with van der Waals surface area (Å²) >= 11 is 0. The lowest BCUT2D eigenvalue weighted by atomic mass is 10.0. The molecule has 0 saturated heterocycles. The van der Waals surface area contributed by atoms with E-state index >= 15 is 0 Å². The number of H-pyrrole nitrogens is 2. The molecule has 0 aliphatic carbocycles. The number of carboxylic acid groups (broad SMARTS) is 1. The number of nitrogens with zero attached hydrogens (tertiary/aromatic N) is 2. The number of nitrogens with two attached hydrogens (primary N) is 1. The molecule has 1 aromatic carbocycles. The molecule has 0 bridgehead atoms. The molecule has 8 N–H and O–H groups in total. The number of amides is 3. The van der Waals surface area contributed by atoms with E-state index in [9.17, 15) is 24.3 Å². The van der Waals surface area contributed by atoms with Crippen LogP contribution in [-0.2, 0) is 38.4 Å². The summed E-state index contributed by atoms with van der Waals surface area (Å²) in [6.45, 7) is 3.69. The monoisotopic (exact) mass is 552 g/mol. The van der Waals surface area contributed by atoms with Crippen LogP contribution in [0.2, 0.25) is 0 Å². The summed E-state index contributed by atoms with van der Waals surface area (Å²) in [5.41, 5.74) is 8.09. The maximum Gasteiger partial charge on any atom is 0.326 e. The van der Waals surface area contributed by atoms with Gasteiger partial charge in [-0.05, 0) is 17.9 Å². The maximum atomic E-state index is 13.6. The number of aromatic amines is 2. The van der Waals surface area contributed by atoms with Crippen LogP contribution in [0.15, 0.2) is 55.4 Å². The molecule has 4 unspecified atom stereocenters. The van der Waals surface area contributed by atoms with Crippen LogP contribution in [0.5, 0.6) is 0 Å². The second-order valence-corrected chi connectivity index (χ2v) is 10.0. The van der Waals surface area contributed by atoms with E-state index in [1.54, 1.807) is 6.20 Å². The molecular formula is C27H36N8O5. The zero-order valence-corrected chi connectivity index (χ0v) is 22.5. The summed E-state index contributed by atoms with van der Waals surface area (Å²) in [7, 11) is 0. The van der Waals surface area contributed by atoms with Crippen molar-refractivity contribution in [2.24, 2.45) is 11.7 Å². The predicted octanol–water partition coefficient (Wildman–Crippen LogP) is 0.0731. The highest BCUT2D eigenvalue weighted by atomic mass is 16.4. The number of aromatic nitrogens is 4. The van der Waals surface area contributed by atoms with Crippen molar-refractivity contribution < 1.29 is 24.3 Å². The van der Waals surface area contributed by atoms with E-state index in [-0.39, 0.29) is 31.6 Å². The molecule has 3 rings (SSSR count). The topological polar surface area (TPSA) is 208 Å². The van der Waals surface area contributed by atoms with Gasteiger partial charge in [0.25, 0.3) is 0 Å². The van der Waals surface area contributed by atoms with Gasteiger partial charge in [-0.2, -0.15) is 0 Å². The van der Waals surface area contributed by atoms with Gasteiger partial charge in [0.05, 0.1) is 18.7 Å². The Hall–Kier alpha value is -4.52. The smallest absolute Gasteiger partial charge is 0.326 e. The average molecular weight is 553 g/mol. The zero-order chi connectivity index (χ0) is 29.1. The third-order valence-corrected chi connectivity index (χ3v) is 6.18. The highest BCUT2D eigenvalue weighted by Crippen LogP contribution is 2.09. The zero-order valence-electron chi connectivity index (χ0n) is 22.5. The summed E-state index contributed by atoms with van der Waals surface area (Å²) in [6.07, 6.45) is 6.54. The van der Waals surface area contributed by atoms with Gasteiger partial charge in [-0.15, -0.1) is 0 Å². The normalized spacial score (nSPS) is 14.1. The van der Waals surface area contributed by atoms with Crippen molar-refractivity contribution in [2.45, 2.75) is 63.7 Å². The number of carboxylic acids is 1. The molecule has 0 fully saturated rings. The van der Waals surface area contributed by atoms with E-state index in [0.29, 0.717) is 11.4 Å². The van der Waals surface area contributed by atoms with Gasteiger partial charge in [-0.25, -0.2) is 14.8 Å². The Morgan fingerprint density at radius 2 is 1.32 bits per heavy atom. The van der Waals surface area contributed by atoms with E-state index in [1.807, 2.05) is 44.2 Å². The van der Waals surface area contributed by atoms with Crippen LogP contribution in [-0.4, -0.2) is 72.9 Å². The van der Waals surface area contributed by atoms with E-state index in [4.69, 9.17) is 5.73 Å². The molecule has 0 aliphatic heterocycles. The van der Waals surface area contributed by atoms with Gasteiger partial charge in [0.2, 0.25) is 17.7 Å².